The third-order valence-electron chi connectivity index (χ3n) is 4.76. The van der Waals surface area contributed by atoms with Crippen molar-refractivity contribution in [3.8, 4) is 11.5 Å². The van der Waals surface area contributed by atoms with E-state index in [1.54, 1.807) is 37.5 Å². The predicted octanol–water partition coefficient (Wildman–Crippen LogP) is 4.81. The quantitative estimate of drug-likeness (QED) is 0.315. The number of carbonyl (C=O) groups excluding carboxylic acids is 2. The summed E-state index contributed by atoms with van der Waals surface area (Å²) in [4.78, 5) is 25.8. The average molecular weight is 431 g/mol. The summed E-state index contributed by atoms with van der Waals surface area (Å²) < 4.78 is 16.2. The van der Waals surface area contributed by atoms with Crippen LogP contribution >= 0.6 is 0 Å². The lowest BCUT2D eigenvalue weighted by Crippen LogP contribution is -2.30. The van der Waals surface area contributed by atoms with E-state index in [0.717, 1.165) is 5.56 Å². The van der Waals surface area contributed by atoms with Crippen LogP contribution in [0.4, 0.5) is 5.69 Å². The summed E-state index contributed by atoms with van der Waals surface area (Å²) in [6, 6.07) is 23.5. The minimum Gasteiger partial charge on any atom is -0.496 e. The van der Waals surface area contributed by atoms with E-state index in [1.807, 2.05) is 54.6 Å². The highest BCUT2D eigenvalue weighted by atomic mass is 16.5. The number of amides is 1. The highest BCUT2D eigenvalue weighted by Crippen LogP contribution is 2.27. The number of hydrogen-bond acceptors (Lipinski definition) is 5. The first-order valence-corrected chi connectivity index (χ1v) is 10.1. The maximum Gasteiger partial charge on any atom is 0.339 e. The van der Waals surface area contributed by atoms with E-state index in [1.165, 1.54) is 14.0 Å². The van der Waals surface area contributed by atoms with Gasteiger partial charge in [-0.3, -0.25) is 4.79 Å². The van der Waals surface area contributed by atoms with Gasteiger partial charge in [-0.15, -0.1) is 0 Å². The van der Waals surface area contributed by atoms with Crippen molar-refractivity contribution in [1.82, 2.24) is 0 Å². The van der Waals surface area contributed by atoms with Gasteiger partial charge in [-0.25, -0.2) is 4.79 Å². The molecule has 0 aromatic heterocycles. The minimum absolute atomic E-state index is 0.312. The Bertz CT molecular complexity index is 1110. The van der Waals surface area contributed by atoms with Crippen molar-refractivity contribution in [2.75, 3.05) is 19.5 Å². The lowest BCUT2D eigenvalue weighted by atomic mass is 10.0. The topological polar surface area (TPSA) is 73.9 Å². The highest BCUT2D eigenvalue weighted by molar-refractivity contribution is 6.22. The van der Waals surface area contributed by atoms with Gasteiger partial charge in [0.15, 0.2) is 6.10 Å². The molecule has 6 nitrogen and oxygen atoms in total. The zero-order chi connectivity index (χ0) is 22.9. The van der Waals surface area contributed by atoms with E-state index in [2.05, 4.69) is 5.32 Å². The van der Waals surface area contributed by atoms with E-state index in [-0.39, 0.29) is 0 Å². The normalized spacial score (nSPS) is 11.9. The molecule has 0 spiro atoms. The lowest BCUT2D eigenvalue weighted by Gasteiger charge is -2.16. The number of ether oxygens (including phenoxy) is 3. The Morgan fingerprint density at radius 1 is 0.812 bits per heavy atom. The molecule has 0 aliphatic heterocycles. The van der Waals surface area contributed by atoms with E-state index in [4.69, 9.17) is 14.2 Å². The third-order valence-corrected chi connectivity index (χ3v) is 4.76. The number of carbonyl (C=O) groups is 2. The number of para-hydroxylation sites is 3. The number of anilines is 1. The van der Waals surface area contributed by atoms with Crippen LogP contribution in [0, 0.1) is 0 Å². The molecule has 0 aliphatic rings. The van der Waals surface area contributed by atoms with Crippen molar-refractivity contribution in [2.24, 2.45) is 0 Å². The van der Waals surface area contributed by atoms with Crippen molar-refractivity contribution in [3.63, 3.8) is 0 Å². The number of esters is 1. The number of methoxy groups -OCH3 is 2. The van der Waals surface area contributed by atoms with Crippen molar-refractivity contribution >= 4 is 29.2 Å². The molecule has 3 aromatic rings. The Morgan fingerprint density at radius 3 is 2.09 bits per heavy atom. The van der Waals surface area contributed by atoms with Gasteiger partial charge in [0.2, 0.25) is 0 Å². The van der Waals surface area contributed by atoms with Crippen LogP contribution in [0.3, 0.4) is 0 Å². The molecule has 0 radical (unpaired) electrons. The van der Waals surface area contributed by atoms with Gasteiger partial charge < -0.3 is 19.5 Å². The SMILES string of the molecule is COc1ccccc1/C=C(/C(=O)OC(C)C(=O)Nc1ccccc1OC)c1ccccc1. The molecule has 1 atom stereocenters. The van der Waals surface area contributed by atoms with Gasteiger partial charge in [-0.1, -0.05) is 60.7 Å². The second-order valence-electron chi connectivity index (χ2n) is 6.90. The molecule has 1 unspecified atom stereocenters. The molecule has 0 fully saturated rings. The molecule has 3 aromatic carbocycles. The molecule has 1 N–H and O–H groups in total. The van der Waals surface area contributed by atoms with Crippen LogP contribution in [0.25, 0.3) is 11.6 Å². The summed E-state index contributed by atoms with van der Waals surface area (Å²) in [6.45, 7) is 1.52. The fourth-order valence-electron chi connectivity index (χ4n) is 3.08. The molecule has 32 heavy (non-hydrogen) atoms. The smallest absolute Gasteiger partial charge is 0.339 e. The van der Waals surface area contributed by atoms with Crippen LogP contribution in [-0.4, -0.2) is 32.2 Å². The molecule has 0 bridgehead atoms. The van der Waals surface area contributed by atoms with Gasteiger partial charge in [0.25, 0.3) is 5.91 Å². The van der Waals surface area contributed by atoms with E-state index < -0.39 is 18.0 Å². The van der Waals surface area contributed by atoms with Gasteiger partial charge in [0.05, 0.1) is 25.5 Å². The van der Waals surface area contributed by atoms with Gasteiger partial charge in [-0.2, -0.15) is 0 Å². The molecule has 6 heteroatoms. The monoisotopic (exact) mass is 431 g/mol. The number of benzene rings is 3. The summed E-state index contributed by atoms with van der Waals surface area (Å²) in [5.41, 5.74) is 2.19. The molecule has 0 aliphatic carbocycles. The summed E-state index contributed by atoms with van der Waals surface area (Å²) in [5.74, 6) is 0.0495. The Balaban J connectivity index is 1.84. The number of hydrogen-bond donors (Lipinski definition) is 1. The summed E-state index contributed by atoms with van der Waals surface area (Å²) in [7, 11) is 3.08. The lowest BCUT2D eigenvalue weighted by molar-refractivity contribution is -0.147. The van der Waals surface area contributed by atoms with Crippen molar-refractivity contribution in [3.05, 3.63) is 90.0 Å². The summed E-state index contributed by atoms with van der Waals surface area (Å²) in [5, 5.41) is 2.73. The van der Waals surface area contributed by atoms with Crippen molar-refractivity contribution < 1.29 is 23.8 Å². The predicted molar refractivity (Wildman–Crippen MR) is 124 cm³/mol. The Hall–Kier alpha value is -4.06. The molecule has 1 amide bonds. The van der Waals surface area contributed by atoms with Gasteiger partial charge in [0.1, 0.15) is 11.5 Å². The first-order chi connectivity index (χ1) is 15.5. The summed E-state index contributed by atoms with van der Waals surface area (Å²) in [6.07, 6.45) is 0.665. The first kappa shape index (κ1) is 22.6. The second kappa shape index (κ2) is 10.8. The van der Waals surface area contributed by atoms with E-state index in [9.17, 15) is 9.59 Å². The van der Waals surface area contributed by atoms with Crippen LogP contribution in [0.15, 0.2) is 78.9 Å². The highest BCUT2D eigenvalue weighted by Gasteiger charge is 2.22. The van der Waals surface area contributed by atoms with Crippen LogP contribution in [0.5, 0.6) is 11.5 Å². The number of nitrogens with one attached hydrogen (secondary N) is 1. The molecular weight excluding hydrogens is 406 g/mol. The average Bonchev–Trinajstić information content (AvgIpc) is 2.83. The van der Waals surface area contributed by atoms with Crippen molar-refractivity contribution in [1.29, 1.82) is 0 Å². The van der Waals surface area contributed by atoms with Crippen LogP contribution in [-0.2, 0) is 14.3 Å². The fourth-order valence-corrected chi connectivity index (χ4v) is 3.08. The zero-order valence-electron chi connectivity index (χ0n) is 18.2. The fraction of sp³-hybridized carbons (Fsp3) is 0.154. The van der Waals surface area contributed by atoms with E-state index >= 15 is 0 Å². The van der Waals surface area contributed by atoms with Crippen LogP contribution < -0.4 is 14.8 Å². The minimum atomic E-state index is -1.03. The first-order valence-electron chi connectivity index (χ1n) is 10.1. The molecule has 0 heterocycles. The van der Waals surface area contributed by atoms with Crippen molar-refractivity contribution in [2.45, 2.75) is 13.0 Å². The molecule has 0 saturated carbocycles. The zero-order valence-corrected chi connectivity index (χ0v) is 18.2. The molecule has 3 rings (SSSR count). The molecular formula is C26H25NO5. The van der Waals surface area contributed by atoms with E-state index in [0.29, 0.717) is 28.3 Å². The second-order valence-corrected chi connectivity index (χ2v) is 6.90. The Labute approximate surface area is 187 Å². The Kier molecular flexibility index (Phi) is 7.65. The Morgan fingerprint density at radius 2 is 1.41 bits per heavy atom. The van der Waals surface area contributed by atoms with Gasteiger partial charge >= 0.3 is 5.97 Å². The third kappa shape index (κ3) is 5.55. The molecule has 164 valence electrons. The van der Waals surface area contributed by atoms with Crippen LogP contribution in [0.2, 0.25) is 0 Å². The number of rotatable bonds is 8. The van der Waals surface area contributed by atoms with Gasteiger partial charge in [-0.05, 0) is 36.8 Å². The van der Waals surface area contributed by atoms with Crippen LogP contribution in [0.1, 0.15) is 18.1 Å². The maximum atomic E-state index is 13.1. The maximum absolute atomic E-state index is 13.1. The standard InChI is InChI=1S/C26H25NO5/c1-18(25(28)27-22-14-8-10-16-24(22)31-3)32-26(29)21(19-11-5-4-6-12-19)17-20-13-7-9-15-23(20)30-2/h4-18H,1-3H3,(H,27,28)/b21-17+. The largest absolute Gasteiger partial charge is 0.496 e. The molecule has 0 saturated heterocycles. The van der Waals surface area contributed by atoms with Gasteiger partial charge in [0, 0.05) is 5.56 Å². The summed E-state index contributed by atoms with van der Waals surface area (Å²) >= 11 is 0.